The summed E-state index contributed by atoms with van der Waals surface area (Å²) in [5, 5.41) is 0.623. The maximum absolute atomic E-state index is 13.1. The largest absolute Gasteiger partial charge is 0.497 e. The van der Waals surface area contributed by atoms with E-state index in [1.165, 1.54) is 6.92 Å². The Kier molecular flexibility index (Phi) is 6.44. The highest BCUT2D eigenvalue weighted by atomic mass is 35.6. The summed E-state index contributed by atoms with van der Waals surface area (Å²) in [4.78, 5) is 20.1. The molecule has 2 aliphatic rings. The molecule has 10 heteroatoms. The second-order valence-corrected chi connectivity index (χ2v) is 11.8. The Balaban J connectivity index is 1.76. The second kappa shape index (κ2) is 9.39. The van der Waals surface area contributed by atoms with E-state index < -0.39 is 20.8 Å². The van der Waals surface area contributed by atoms with Crippen LogP contribution in [-0.2, 0) is 4.79 Å². The fraction of sp³-hybridized carbons (Fsp3) is 0.160. The first-order valence-electron chi connectivity index (χ1n) is 10.7. The van der Waals surface area contributed by atoms with Crippen molar-refractivity contribution in [2.45, 2.75) is 16.9 Å². The van der Waals surface area contributed by atoms with Gasteiger partial charge in [0.05, 0.1) is 23.7 Å². The van der Waals surface area contributed by atoms with E-state index in [-0.39, 0.29) is 5.91 Å². The Hall–Kier alpha value is -2.71. The molecule has 2 atom stereocenters. The molecule has 0 N–H and O–H groups in total. The first-order chi connectivity index (χ1) is 16.8. The van der Waals surface area contributed by atoms with E-state index in [2.05, 4.69) is 0 Å². The number of amides is 1. The summed E-state index contributed by atoms with van der Waals surface area (Å²) < 4.78 is 7.18. The zero-order valence-corrected chi connectivity index (χ0v) is 21.9. The number of alkyl halides is 3. The van der Waals surface area contributed by atoms with Crippen LogP contribution in [0, 0.1) is 0 Å². The molecule has 0 spiro atoms. The smallest absolute Gasteiger partial charge is 0.232 e. The molecule has 0 aromatic heterocycles. The standard InChI is InChI=1S/C25H21Cl3N4O2S/c1-17(33)31-23(25(26,27)28)30(19-9-5-3-6-10-19)24-29-22(18-13-15-21(34-2)16-14-18)32(35(24)31)20-11-7-4-8-12-20/h3-16,23H,1-2H3. The maximum atomic E-state index is 13.1. The summed E-state index contributed by atoms with van der Waals surface area (Å²) >= 11 is 19.6. The monoisotopic (exact) mass is 546 g/mol. The molecule has 2 unspecified atom stereocenters. The number of amidine groups is 1. The van der Waals surface area contributed by atoms with E-state index in [0.29, 0.717) is 10.9 Å². The Labute approximate surface area is 221 Å². The molecule has 3 aromatic carbocycles. The maximum Gasteiger partial charge on any atom is 0.232 e. The molecule has 2 heterocycles. The van der Waals surface area contributed by atoms with Gasteiger partial charge in [0, 0.05) is 18.2 Å². The molecule has 5 rings (SSSR count). The molecule has 0 fully saturated rings. The number of ether oxygens (including phenoxy) is 1. The highest BCUT2D eigenvalue weighted by Crippen LogP contribution is 2.52. The van der Waals surface area contributed by atoms with Gasteiger partial charge in [-0.1, -0.05) is 71.2 Å². The van der Waals surface area contributed by atoms with Gasteiger partial charge in [-0.25, -0.2) is 9.30 Å². The van der Waals surface area contributed by atoms with E-state index in [1.807, 2.05) is 94.1 Å². The first-order valence-corrected chi connectivity index (χ1v) is 13.0. The summed E-state index contributed by atoms with van der Waals surface area (Å²) in [7, 11) is 0.626. The number of hydrogen-bond acceptors (Lipinski definition) is 5. The van der Waals surface area contributed by atoms with Gasteiger partial charge in [-0.05, 0) is 48.5 Å². The fourth-order valence-corrected chi connectivity index (χ4v) is 7.22. The van der Waals surface area contributed by atoms with Gasteiger partial charge in [-0.3, -0.25) is 14.0 Å². The highest BCUT2D eigenvalue weighted by molar-refractivity contribution is 8.17. The quantitative estimate of drug-likeness (QED) is 0.288. The lowest BCUT2D eigenvalue weighted by molar-refractivity contribution is -0.125. The van der Waals surface area contributed by atoms with Crippen molar-refractivity contribution in [3.8, 4) is 5.75 Å². The Bertz CT molecular complexity index is 1310. The van der Waals surface area contributed by atoms with Gasteiger partial charge in [0.25, 0.3) is 0 Å². The topological polar surface area (TPSA) is 48.4 Å². The predicted octanol–water partition coefficient (Wildman–Crippen LogP) is 6.21. The lowest BCUT2D eigenvalue weighted by Gasteiger charge is -2.38. The van der Waals surface area contributed by atoms with E-state index in [4.69, 9.17) is 44.5 Å². The molecule has 6 nitrogen and oxygen atoms in total. The third-order valence-corrected chi connectivity index (χ3v) is 8.32. The summed E-state index contributed by atoms with van der Waals surface area (Å²) in [5.74, 6) is 1.20. The van der Waals surface area contributed by atoms with Crippen LogP contribution < -0.4 is 13.9 Å². The minimum Gasteiger partial charge on any atom is -0.497 e. The number of hydrogen-bond donors (Lipinski definition) is 0. The van der Waals surface area contributed by atoms with Crippen molar-refractivity contribution >= 4 is 73.9 Å². The molecular weight excluding hydrogens is 527 g/mol. The van der Waals surface area contributed by atoms with Crippen LogP contribution in [0.1, 0.15) is 12.5 Å². The molecule has 0 aliphatic carbocycles. The van der Waals surface area contributed by atoms with E-state index in [9.17, 15) is 4.79 Å². The number of carbonyl (C=O) groups is 1. The van der Waals surface area contributed by atoms with Gasteiger partial charge in [0.1, 0.15) is 5.75 Å². The lowest BCUT2D eigenvalue weighted by Crippen LogP contribution is -2.53. The molecular formula is C25H21Cl3N4O2S. The average molecular weight is 548 g/mol. The molecule has 35 heavy (non-hydrogen) atoms. The molecule has 3 aromatic rings. The number of methoxy groups -OCH3 is 1. The lowest BCUT2D eigenvalue weighted by atomic mass is 10.2. The first kappa shape index (κ1) is 24.0. The van der Waals surface area contributed by atoms with Crippen molar-refractivity contribution in [2.24, 2.45) is 4.99 Å². The Morgan fingerprint density at radius 2 is 1.49 bits per heavy atom. The van der Waals surface area contributed by atoms with Gasteiger partial charge in [0.15, 0.2) is 12.0 Å². The Morgan fingerprint density at radius 3 is 2.00 bits per heavy atom. The molecule has 0 bridgehead atoms. The fourth-order valence-electron chi connectivity index (χ4n) is 4.08. The number of rotatable bonds is 4. The van der Waals surface area contributed by atoms with E-state index >= 15 is 0 Å². The van der Waals surface area contributed by atoms with Gasteiger partial charge < -0.3 is 4.74 Å². The zero-order valence-electron chi connectivity index (χ0n) is 18.8. The van der Waals surface area contributed by atoms with Crippen LogP contribution in [0.15, 0.2) is 89.9 Å². The van der Waals surface area contributed by atoms with Crippen molar-refractivity contribution in [3.63, 3.8) is 0 Å². The molecule has 0 radical (unpaired) electrons. The Morgan fingerprint density at radius 1 is 0.914 bits per heavy atom. The van der Waals surface area contributed by atoms with Crippen LogP contribution in [0.3, 0.4) is 0 Å². The molecule has 1 amide bonds. The number of para-hydroxylation sites is 2. The molecule has 0 saturated heterocycles. The predicted molar refractivity (Wildman–Crippen MR) is 147 cm³/mol. The van der Waals surface area contributed by atoms with Gasteiger partial charge in [0.2, 0.25) is 14.8 Å². The van der Waals surface area contributed by atoms with Gasteiger partial charge in [-0.15, -0.1) is 0 Å². The van der Waals surface area contributed by atoms with Crippen molar-refractivity contribution in [1.82, 2.24) is 4.31 Å². The number of anilines is 2. The van der Waals surface area contributed by atoms with Crippen molar-refractivity contribution < 1.29 is 9.53 Å². The minimum absolute atomic E-state index is 0.229. The molecule has 0 saturated carbocycles. The average Bonchev–Trinajstić information content (AvgIpc) is 3.40. The summed E-state index contributed by atoms with van der Waals surface area (Å²) in [6.45, 7) is 1.48. The highest BCUT2D eigenvalue weighted by Gasteiger charge is 2.55. The second-order valence-electron chi connectivity index (χ2n) is 7.81. The van der Waals surface area contributed by atoms with Crippen LogP contribution in [0.2, 0.25) is 0 Å². The normalized spacial score (nSPS) is 19.6. The summed E-state index contributed by atoms with van der Waals surface area (Å²) in [6.07, 6.45) is -0.891. The van der Waals surface area contributed by atoms with Crippen LogP contribution in [0.5, 0.6) is 5.75 Å². The number of halogens is 3. The molecule has 180 valence electrons. The van der Waals surface area contributed by atoms with Gasteiger partial charge in [-0.2, -0.15) is 0 Å². The van der Waals surface area contributed by atoms with Gasteiger partial charge >= 0.3 is 0 Å². The van der Waals surface area contributed by atoms with E-state index in [1.54, 1.807) is 11.4 Å². The summed E-state index contributed by atoms with van der Waals surface area (Å²) in [6, 6.07) is 27.0. The molecule has 2 aliphatic heterocycles. The minimum atomic E-state index is -1.80. The zero-order chi connectivity index (χ0) is 24.7. The van der Waals surface area contributed by atoms with Crippen LogP contribution in [0.25, 0.3) is 0 Å². The number of aliphatic imine (C=N–C) groups is 1. The van der Waals surface area contributed by atoms with E-state index in [0.717, 1.165) is 22.7 Å². The van der Waals surface area contributed by atoms with Crippen molar-refractivity contribution in [1.29, 1.82) is 0 Å². The number of carbonyl (C=O) groups excluding carboxylic acids is 1. The van der Waals surface area contributed by atoms with Crippen molar-refractivity contribution in [2.75, 3.05) is 16.3 Å². The number of nitrogens with zero attached hydrogens (tertiary/aromatic N) is 4. The van der Waals surface area contributed by atoms with Crippen LogP contribution in [0.4, 0.5) is 11.4 Å². The van der Waals surface area contributed by atoms with Crippen LogP contribution >= 0.6 is 45.7 Å². The number of benzene rings is 3. The van der Waals surface area contributed by atoms with Crippen molar-refractivity contribution in [3.05, 3.63) is 90.5 Å². The SMILES string of the molecule is COc1ccc(C2=NC3=S(N2c2ccccc2)N(C(C)=O)C(C(Cl)(Cl)Cl)N3c2ccccc2)cc1. The van der Waals surface area contributed by atoms with Crippen LogP contribution in [-0.4, -0.2) is 38.2 Å². The summed E-state index contributed by atoms with van der Waals surface area (Å²) in [5.41, 5.74) is 2.50. The third kappa shape index (κ3) is 4.27. The third-order valence-electron chi connectivity index (χ3n) is 5.57.